The average molecular weight is 297 g/mol. The molecule has 2 rings (SSSR count). The number of hydrogen-bond acceptors (Lipinski definition) is 4. The van der Waals surface area contributed by atoms with Crippen molar-refractivity contribution in [1.29, 1.82) is 0 Å². The SMILES string of the molecule is NCCNC(=O)C1CCCN(Cc2ccnc(Cl)c2)C1. The Morgan fingerprint density at radius 2 is 2.45 bits per heavy atom. The van der Waals surface area contributed by atoms with Gasteiger partial charge >= 0.3 is 0 Å². The molecule has 1 aliphatic rings. The fraction of sp³-hybridized carbons (Fsp3) is 0.571. The molecule has 0 radical (unpaired) electrons. The molecule has 6 heteroatoms. The van der Waals surface area contributed by atoms with Crippen molar-refractivity contribution >= 4 is 17.5 Å². The minimum Gasteiger partial charge on any atom is -0.355 e. The first-order chi connectivity index (χ1) is 9.69. The highest BCUT2D eigenvalue weighted by Gasteiger charge is 2.25. The van der Waals surface area contributed by atoms with E-state index in [-0.39, 0.29) is 11.8 Å². The number of rotatable bonds is 5. The van der Waals surface area contributed by atoms with Crippen molar-refractivity contribution in [2.24, 2.45) is 11.7 Å². The molecule has 1 atom stereocenters. The standard InChI is InChI=1S/C14H21ClN4O/c15-13-8-11(3-5-17-13)9-19-7-1-2-12(10-19)14(20)18-6-4-16/h3,5,8,12H,1-2,4,6-7,9-10,16H2,(H,18,20). The van der Waals surface area contributed by atoms with Crippen LogP contribution >= 0.6 is 11.6 Å². The number of likely N-dealkylation sites (tertiary alicyclic amines) is 1. The Bertz CT molecular complexity index is 455. The molecule has 0 aromatic carbocycles. The molecule has 1 aliphatic heterocycles. The lowest BCUT2D eigenvalue weighted by Crippen LogP contribution is -2.43. The largest absolute Gasteiger partial charge is 0.355 e. The van der Waals surface area contributed by atoms with E-state index in [1.165, 1.54) is 0 Å². The highest BCUT2D eigenvalue weighted by molar-refractivity contribution is 6.29. The first-order valence-corrected chi connectivity index (χ1v) is 7.37. The third-order valence-corrected chi connectivity index (χ3v) is 3.72. The van der Waals surface area contributed by atoms with Crippen LogP contribution in [0.5, 0.6) is 0 Å². The number of pyridine rings is 1. The topological polar surface area (TPSA) is 71.2 Å². The van der Waals surface area contributed by atoms with Gasteiger partial charge < -0.3 is 11.1 Å². The molecule has 0 bridgehead atoms. The quantitative estimate of drug-likeness (QED) is 0.796. The predicted molar refractivity (Wildman–Crippen MR) is 79.3 cm³/mol. The van der Waals surface area contributed by atoms with Gasteiger partial charge in [-0.05, 0) is 37.1 Å². The second-order valence-corrected chi connectivity index (χ2v) is 5.53. The van der Waals surface area contributed by atoms with Crippen molar-refractivity contribution < 1.29 is 4.79 Å². The van der Waals surface area contributed by atoms with Crippen molar-refractivity contribution in [2.75, 3.05) is 26.2 Å². The first-order valence-electron chi connectivity index (χ1n) is 6.99. The molecule has 1 aromatic rings. The summed E-state index contributed by atoms with van der Waals surface area (Å²) in [5.74, 6) is 0.181. The van der Waals surface area contributed by atoms with Gasteiger partial charge in [-0.15, -0.1) is 0 Å². The zero-order valence-electron chi connectivity index (χ0n) is 11.5. The van der Waals surface area contributed by atoms with E-state index in [9.17, 15) is 4.79 Å². The Morgan fingerprint density at radius 1 is 1.60 bits per heavy atom. The van der Waals surface area contributed by atoms with Gasteiger partial charge in [0.05, 0.1) is 5.92 Å². The second kappa shape index (κ2) is 7.57. The van der Waals surface area contributed by atoms with Crippen molar-refractivity contribution in [1.82, 2.24) is 15.2 Å². The van der Waals surface area contributed by atoms with E-state index in [1.807, 2.05) is 12.1 Å². The van der Waals surface area contributed by atoms with E-state index in [2.05, 4.69) is 15.2 Å². The van der Waals surface area contributed by atoms with E-state index in [4.69, 9.17) is 17.3 Å². The van der Waals surface area contributed by atoms with Crippen LogP contribution in [0.3, 0.4) is 0 Å². The summed E-state index contributed by atoms with van der Waals surface area (Å²) < 4.78 is 0. The van der Waals surface area contributed by atoms with E-state index in [0.29, 0.717) is 18.2 Å². The van der Waals surface area contributed by atoms with Gasteiger partial charge in [0.15, 0.2) is 0 Å². The molecule has 2 heterocycles. The Morgan fingerprint density at radius 3 is 3.20 bits per heavy atom. The van der Waals surface area contributed by atoms with Crippen LogP contribution in [0.4, 0.5) is 0 Å². The predicted octanol–water partition coefficient (Wildman–Crippen LogP) is 1.02. The minimum atomic E-state index is 0.0626. The van der Waals surface area contributed by atoms with Gasteiger partial charge in [-0.1, -0.05) is 11.6 Å². The first kappa shape index (κ1) is 15.2. The smallest absolute Gasteiger partial charge is 0.224 e. The number of aromatic nitrogens is 1. The number of piperidine rings is 1. The lowest BCUT2D eigenvalue weighted by Gasteiger charge is -2.32. The fourth-order valence-corrected chi connectivity index (χ4v) is 2.75. The number of nitrogens with zero attached hydrogens (tertiary/aromatic N) is 2. The lowest BCUT2D eigenvalue weighted by molar-refractivity contribution is -0.126. The number of amides is 1. The van der Waals surface area contributed by atoms with Gasteiger partial charge in [0.1, 0.15) is 5.15 Å². The Hall–Kier alpha value is -1.17. The molecule has 0 aliphatic carbocycles. The van der Waals surface area contributed by atoms with E-state index < -0.39 is 0 Å². The van der Waals surface area contributed by atoms with Crippen LogP contribution < -0.4 is 11.1 Å². The van der Waals surface area contributed by atoms with Gasteiger partial charge in [-0.3, -0.25) is 9.69 Å². The minimum absolute atomic E-state index is 0.0626. The highest BCUT2D eigenvalue weighted by atomic mass is 35.5. The lowest BCUT2D eigenvalue weighted by atomic mass is 9.96. The van der Waals surface area contributed by atoms with Gasteiger partial charge in [-0.2, -0.15) is 0 Å². The van der Waals surface area contributed by atoms with Crippen LogP contribution in [0.1, 0.15) is 18.4 Å². The van der Waals surface area contributed by atoms with Crippen molar-refractivity contribution in [3.05, 3.63) is 29.0 Å². The summed E-state index contributed by atoms with van der Waals surface area (Å²) in [5.41, 5.74) is 6.54. The number of carbonyl (C=O) groups excluding carboxylic acids is 1. The molecule has 1 fully saturated rings. The summed E-state index contributed by atoms with van der Waals surface area (Å²) in [7, 11) is 0. The molecule has 5 nitrogen and oxygen atoms in total. The molecule has 0 saturated carbocycles. The van der Waals surface area contributed by atoms with Crippen molar-refractivity contribution in [3.8, 4) is 0 Å². The maximum absolute atomic E-state index is 12.0. The Kier molecular flexibility index (Phi) is 5.76. The number of carbonyl (C=O) groups is 1. The van der Waals surface area contributed by atoms with Gasteiger partial charge in [0, 0.05) is 32.4 Å². The molecule has 3 N–H and O–H groups in total. The van der Waals surface area contributed by atoms with Crippen molar-refractivity contribution in [2.45, 2.75) is 19.4 Å². The summed E-state index contributed by atoms with van der Waals surface area (Å²) in [6.45, 7) is 3.65. The van der Waals surface area contributed by atoms with E-state index >= 15 is 0 Å². The maximum atomic E-state index is 12.0. The van der Waals surface area contributed by atoms with Crippen LogP contribution in [0.2, 0.25) is 5.15 Å². The van der Waals surface area contributed by atoms with Crippen LogP contribution in [-0.2, 0) is 11.3 Å². The third kappa shape index (κ3) is 4.44. The van der Waals surface area contributed by atoms with E-state index in [0.717, 1.165) is 38.0 Å². The van der Waals surface area contributed by atoms with E-state index in [1.54, 1.807) is 6.20 Å². The summed E-state index contributed by atoms with van der Waals surface area (Å²) in [6, 6.07) is 3.84. The number of nitrogens with one attached hydrogen (secondary N) is 1. The molecule has 1 unspecified atom stereocenters. The monoisotopic (exact) mass is 296 g/mol. The molecule has 1 aromatic heterocycles. The summed E-state index contributed by atoms with van der Waals surface area (Å²) >= 11 is 5.89. The van der Waals surface area contributed by atoms with Crippen LogP contribution in [0.25, 0.3) is 0 Å². The van der Waals surface area contributed by atoms with Gasteiger partial charge in [-0.25, -0.2) is 4.98 Å². The Balaban J connectivity index is 1.88. The number of hydrogen-bond donors (Lipinski definition) is 2. The molecular weight excluding hydrogens is 276 g/mol. The average Bonchev–Trinajstić information content (AvgIpc) is 2.45. The number of halogens is 1. The third-order valence-electron chi connectivity index (χ3n) is 3.52. The normalized spacial score (nSPS) is 19.8. The van der Waals surface area contributed by atoms with Crippen LogP contribution in [0.15, 0.2) is 18.3 Å². The van der Waals surface area contributed by atoms with Crippen LogP contribution in [-0.4, -0.2) is 42.0 Å². The molecule has 20 heavy (non-hydrogen) atoms. The van der Waals surface area contributed by atoms with Gasteiger partial charge in [0.2, 0.25) is 5.91 Å². The van der Waals surface area contributed by atoms with Crippen molar-refractivity contribution in [3.63, 3.8) is 0 Å². The van der Waals surface area contributed by atoms with Crippen LogP contribution in [0, 0.1) is 5.92 Å². The molecule has 0 spiro atoms. The van der Waals surface area contributed by atoms with Gasteiger partial charge in [0.25, 0.3) is 0 Å². The zero-order chi connectivity index (χ0) is 14.4. The highest BCUT2D eigenvalue weighted by Crippen LogP contribution is 2.19. The molecule has 110 valence electrons. The summed E-state index contributed by atoms with van der Waals surface area (Å²) in [6.07, 6.45) is 3.70. The Labute approximate surface area is 124 Å². The zero-order valence-corrected chi connectivity index (χ0v) is 12.3. The maximum Gasteiger partial charge on any atom is 0.224 e. The molecule has 1 saturated heterocycles. The summed E-state index contributed by atoms with van der Waals surface area (Å²) in [4.78, 5) is 18.3. The molecular formula is C14H21ClN4O. The number of nitrogens with two attached hydrogens (primary N) is 1. The second-order valence-electron chi connectivity index (χ2n) is 5.14. The fourth-order valence-electron chi connectivity index (χ4n) is 2.55. The summed E-state index contributed by atoms with van der Waals surface area (Å²) in [5, 5.41) is 3.38. The molecule has 1 amide bonds.